The number of nitrogens with one attached hydrogen (secondary N) is 3. The summed E-state index contributed by atoms with van der Waals surface area (Å²) in [5, 5.41) is 8.67. The third-order valence-electron chi connectivity index (χ3n) is 9.17. The molecule has 0 radical (unpaired) electrons. The molecule has 252 valence electrons. The van der Waals surface area contributed by atoms with E-state index in [-0.39, 0.29) is 31.8 Å². The first-order valence-electron chi connectivity index (χ1n) is 16.6. The van der Waals surface area contributed by atoms with Gasteiger partial charge in [-0.3, -0.25) is 24.2 Å². The number of nitrogens with zero attached hydrogens (tertiary/aromatic N) is 2. The second kappa shape index (κ2) is 15.7. The molecule has 48 heavy (non-hydrogen) atoms. The quantitative estimate of drug-likeness (QED) is 0.224. The summed E-state index contributed by atoms with van der Waals surface area (Å²) in [7, 11) is 0. The SMILES string of the molecule is CC[C@]1(C)NC(=O)[C@H](CCCCOC(=O)c2ccccc2)NC(=O)[C@H]2CCCN2C(=O)[C@H](Cc2ccc(-c3ccccn3)cc2)NC1=O. The van der Waals surface area contributed by atoms with Crippen LogP contribution in [-0.2, 0) is 30.3 Å². The van der Waals surface area contributed by atoms with Crippen molar-refractivity contribution in [2.24, 2.45) is 0 Å². The Balaban J connectivity index is 1.29. The highest BCUT2D eigenvalue weighted by molar-refractivity contribution is 5.99. The van der Waals surface area contributed by atoms with Crippen LogP contribution in [-0.4, -0.2) is 76.3 Å². The molecule has 2 aliphatic rings. The van der Waals surface area contributed by atoms with Gasteiger partial charge in [0.25, 0.3) is 0 Å². The number of benzene rings is 2. The summed E-state index contributed by atoms with van der Waals surface area (Å²) in [4.78, 5) is 73.4. The second-order valence-corrected chi connectivity index (χ2v) is 12.6. The molecule has 4 amide bonds. The molecule has 0 aliphatic carbocycles. The van der Waals surface area contributed by atoms with Gasteiger partial charge in [0.2, 0.25) is 23.6 Å². The highest BCUT2D eigenvalue weighted by Crippen LogP contribution is 2.23. The van der Waals surface area contributed by atoms with Crippen LogP contribution in [0.2, 0.25) is 0 Å². The molecule has 0 unspecified atom stereocenters. The van der Waals surface area contributed by atoms with Crippen molar-refractivity contribution in [2.45, 2.75) is 82.5 Å². The fraction of sp³-hybridized carbons (Fsp3) is 0.405. The number of aromatic nitrogens is 1. The molecule has 2 aliphatic heterocycles. The number of hydrogen-bond donors (Lipinski definition) is 3. The van der Waals surface area contributed by atoms with Crippen molar-refractivity contribution in [3.8, 4) is 11.3 Å². The fourth-order valence-corrected chi connectivity index (χ4v) is 6.08. The molecule has 0 saturated carbocycles. The van der Waals surface area contributed by atoms with Gasteiger partial charge in [0.1, 0.15) is 23.7 Å². The zero-order valence-corrected chi connectivity index (χ0v) is 27.4. The predicted octanol–water partition coefficient (Wildman–Crippen LogP) is 3.58. The molecular weight excluding hydrogens is 610 g/mol. The number of fused-ring (bicyclic) bond motifs is 1. The number of carbonyl (C=O) groups excluding carboxylic acids is 5. The first kappa shape index (κ1) is 34.3. The molecular formula is C37H43N5O6. The van der Waals surface area contributed by atoms with Crippen molar-refractivity contribution in [3.05, 3.63) is 90.1 Å². The van der Waals surface area contributed by atoms with Crippen LogP contribution in [0.4, 0.5) is 0 Å². The molecule has 3 N–H and O–H groups in total. The summed E-state index contributed by atoms with van der Waals surface area (Å²) in [6.45, 7) is 3.93. The van der Waals surface area contributed by atoms with E-state index in [9.17, 15) is 24.0 Å². The Morgan fingerprint density at radius 3 is 2.38 bits per heavy atom. The van der Waals surface area contributed by atoms with E-state index in [1.165, 1.54) is 4.90 Å². The summed E-state index contributed by atoms with van der Waals surface area (Å²) in [5.41, 5.74) is 1.70. The maximum Gasteiger partial charge on any atom is 0.338 e. The molecule has 3 heterocycles. The predicted molar refractivity (Wildman–Crippen MR) is 179 cm³/mol. The van der Waals surface area contributed by atoms with Crippen molar-refractivity contribution >= 4 is 29.6 Å². The molecule has 11 nitrogen and oxygen atoms in total. The number of rotatable bonds is 10. The zero-order chi connectivity index (χ0) is 34.1. The molecule has 1 aromatic heterocycles. The Morgan fingerprint density at radius 1 is 0.917 bits per heavy atom. The van der Waals surface area contributed by atoms with Crippen molar-refractivity contribution in [1.82, 2.24) is 25.8 Å². The van der Waals surface area contributed by atoms with Gasteiger partial charge < -0.3 is 25.6 Å². The van der Waals surface area contributed by atoms with Gasteiger partial charge in [0.15, 0.2) is 0 Å². The number of esters is 1. The standard InChI is InChI=1S/C37H43N5O6/c1-3-37(2)36(47)40-30(24-25-17-19-26(20-18-25)28-14-7-9-21-38-28)34(45)42-22-11-16-31(42)33(44)39-29(32(43)41-37)15-8-10-23-48-35(46)27-12-5-4-6-13-27/h4-7,9,12-14,17-21,29-31H,3,8,10-11,15-16,22-24H2,1-2H3,(H,39,44)(H,40,47)(H,41,43)/t29-,30-,31+,37-/m0/s1. The Kier molecular flexibility index (Phi) is 11.2. The van der Waals surface area contributed by atoms with E-state index < -0.39 is 47.4 Å². The van der Waals surface area contributed by atoms with E-state index in [1.54, 1.807) is 44.3 Å². The Labute approximate surface area is 280 Å². The minimum atomic E-state index is -1.34. The smallest absolute Gasteiger partial charge is 0.338 e. The van der Waals surface area contributed by atoms with E-state index >= 15 is 0 Å². The topological polar surface area (TPSA) is 147 Å². The van der Waals surface area contributed by atoms with Crippen LogP contribution in [0.5, 0.6) is 0 Å². The van der Waals surface area contributed by atoms with Crippen molar-refractivity contribution in [3.63, 3.8) is 0 Å². The molecule has 3 aromatic rings. The Bertz CT molecular complexity index is 1600. The molecule has 2 saturated heterocycles. The summed E-state index contributed by atoms with van der Waals surface area (Å²) >= 11 is 0. The van der Waals surface area contributed by atoms with Crippen LogP contribution in [0, 0.1) is 0 Å². The first-order valence-corrected chi connectivity index (χ1v) is 16.6. The van der Waals surface area contributed by atoms with Gasteiger partial charge in [-0.25, -0.2) is 4.79 Å². The average molecular weight is 654 g/mol. The average Bonchev–Trinajstić information content (AvgIpc) is 3.61. The van der Waals surface area contributed by atoms with Crippen molar-refractivity contribution < 1.29 is 28.7 Å². The monoisotopic (exact) mass is 653 g/mol. The maximum atomic E-state index is 14.1. The van der Waals surface area contributed by atoms with Gasteiger partial charge >= 0.3 is 5.97 Å². The zero-order valence-electron chi connectivity index (χ0n) is 27.4. The van der Waals surface area contributed by atoms with Crippen LogP contribution in [0.25, 0.3) is 11.3 Å². The Hall–Kier alpha value is -5.06. The Morgan fingerprint density at radius 2 is 1.67 bits per heavy atom. The van der Waals surface area contributed by atoms with Crippen LogP contribution < -0.4 is 16.0 Å². The third-order valence-corrected chi connectivity index (χ3v) is 9.17. The maximum absolute atomic E-state index is 14.1. The third kappa shape index (κ3) is 8.26. The summed E-state index contributed by atoms with van der Waals surface area (Å²) < 4.78 is 5.36. The van der Waals surface area contributed by atoms with Crippen LogP contribution in [0.3, 0.4) is 0 Å². The highest BCUT2D eigenvalue weighted by Gasteiger charge is 2.43. The number of pyridine rings is 1. The van der Waals surface area contributed by atoms with Crippen molar-refractivity contribution in [2.75, 3.05) is 13.2 Å². The molecule has 4 atom stereocenters. The molecule has 11 heteroatoms. The summed E-state index contributed by atoms with van der Waals surface area (Å²) in [5.74, 6) is -2.13. The van der Waals surface area contributed by atoms with Crippen LogP contribution in [0.15, 0.2) is 79.0 Å². The van der Waals surface area contributed by atoms with E-state index in [1.807, 2.05) is 48.5 Å². The van der Waals surface area contributed by atoms with Crippen LogP contribution >= 0.6 is 0 Å². The normalized spacial score (nSPS) is 23.2. The minimum absolute atomic E-state index is 0.156. The molecule has 0 spiro atoms. The lowest BCUT2D eigenvalue weighted by Crippen LogP contribution is -2.65. The number of carbonyl (C=O) groups is 5. The number of ether oxygens (including phenoxy) is 1. The van der Waals surface area contributed by atoms with Gasteiger partial charge in [0, 0.05) is 24.7 Å². The second-order valence-electron chi connectivity index (χ2n) is 12.6. The molecule has 0 bridgehead atoms. The van der Waals surface area contributed by atoms with Crippen molar-refractivity contribution in [1.29, 1.82) is 0 Å². The molecule has 5 rings (SSSR count). The van der Waals surface area contributed by atoms with Gasteiger partial charge in [0.05, 0.1) is 17.9 Å². The molecule has 2 fully saturated rings. The van der Waals surface area contributed by atoms with E-state index in [2.05, 4.69) is 20.9 Å². The van der Waals surface area contributed by atoms with Gasteiger partial charge in [-0.15, -0.1) is 0 Å². The summed E-state index contributed by atoms with van der Waals surface area (Å²) in [6, 6.07) is 19.4. The van der Waals surface area contributed by atoms with E-state index in [4.69, 9.17) is 4.74 Å². The highest BCUT2D eigenvalue weighted by atomic mass is 16.5. The lowest BCUT2D eigenvalue weighted by molar-refractivity contribution is -0.144. The number of amides is 4. The van der Waals surface area contributed by atoms with Gasteiger partial charge in [-0.1, -0.05) is 55.5 Å². The lowest BCUT2D eigenvalue weighted by atomic mass is 9.94. The van der Waals surface area contributed by atoms with E-state index in [0.717, 1.165) is 16.8 Å². The van der Waals surface area contributed by atoms with Crippen LogP contribution in [0.1, 0.15) is 68.3 Å². The fourth-order valence-electron chi connectivity index (χ4n) is 6.08. The summed E-state index contributed by atoms with van der Waals surface area (Å²) in [6.07, 6.45) is 4.48. The number of hydrogen-bond acceptors (Lipinski definition) is 7. The largest absolute Gasteiger partial charge is 0.462 e. The molecule has 2 aromatic carbocycles. The lowest BCUT2D eigenvalue weighted by Gasteiger charge is -2.36. The van der Waals surface area contributed by atoms with Gasteiger partial charge in [-0.05, 0) is 75.3 Å². The number of unbranched alkanes of at least 4 members (excludes halogenated alkanes) is 1. The minimum Gasteiger partial charge on any atom is -0.462 e. The van der Waals surface area contributed by atoms with Gasteiger partial charge in [-0.2, -0.15) is 0 Å². The first-order chi connectivity index (χ1) is 23.2. The van der Waals surface area contributed by atoms with E-state index in [0.29, 0.717) is 37.8 Å².